The summed E-state index contributed by atoms with van der Waals surface area (Å²) < 4.78 is 2.34. The zero-order chi connectivity index (χ0) is 36.1. The van der Waals surface area contributed by atoms with Crippen molar-refractivity contribution in [2.45, 2.75) is 20.8 Å². The first-order chi connectivity index (χ1) is 25.9. The van der Waals surface area contributed by atoms with Crippen LogP contribution in [0, 0.1) is 20.8 Å². The SMILES string of the molecule is Cc1cc(C)c(-c2ccc(-n3c4ccc(-c5ccccc5-c5ccccc5)cc4c4cc(-c5ccccc5-c5ccccc5)ccc43)c(Cl)c2)c(C)c1. The standard InChI is InChI=1S/C51H38ClN/c1-33-28-34(2)51(35(3)29-33)40-24-27-50(47(52)32-40)53-48-25-22-38(43-20-12-10-18-41(43)36-14-6-4-7-15-36)30-45(48)46-31-39(23-26-49(46)53)44-21-13-11-19-42(44)37-16-8-5-9-17-37/h4-32H,1-3H3. The Morgan fingerprint density at radius 1 is 0.377 bits per heavy atom. The van der Waals surface area contributed by atoms with Crippen LogP contribution in [0.5, 0.6) is 0 Å². The largest absolute Gasteiger partial charge is 0.308 e. The highest BCUT2D eigenvalue weighted by Gasteiger charge is 2.19. The second kappa shape index (κ2) is 13.4. The third-order valence-electron chi connectivity index (χ3n) is 10.6. The van der Waals surface area contributed by atoms with E-state index >= 15 is 0 Å². The predicted octanol–water partition coefficient (Wildman–Crippen LogP) is 14.7. The molecule has 0 saturated carbocycles. The first kappa shape index (κ1) is 32.7. The minimum Gasteiger partial charge on any atom is -0.308 e. The zero-order valence-corrected chi connectivity index (χ0v) is 30.8. The number of fused-ring (bicyclic) bond motifs is 3. The molecule has 0 aliphatic heterocycles. The Morgan fingerprint density at radius 3 is 1.25 bits per heavy atom. The van der Waals surface area contributed by atoms with Gasteiger partial charge in [-0.15, -0.1) is 0 Å². The molecular formula is C51H38ClN. The first-order valence-corrected chi connectivity index (χ1v) is 18.6. The van der Waals surface area contributed by atoms with Crippen LogP contribution in [0.15, 0.2) is 176 Å². The molecule has 0 amide bonds. The van der Waals surface area contributed by atoms with Crippen LogP contribution in [0.1, 0.15) is 16.7 Å². The van der Waals surface area contributed by atoms with Crippen LogP contribution < -0.4 is 0 Å². The Balaban J connectivity index is 1.28. The molecule has 0 bridgehead atoms. The van der Waals surface area contributed by atoms with Gasteiger partial charge in [0.15, 0.2) is 0 Å². The minimum atomic E-state index is 0.720. The van der Waals surface area contributed by atoms with Crippen LogP contribution in [0.3, 0.4) is 0 Å². The lowest BCUT2D eigenvalue weighted by Crippen LogP contribution is -1.97. The smallest absolute Gasteiger partial charge is 0.0652 e. The number of hydrogen-bond donors (Lipinski definition) is 0. The van der Waals surface area contributed by atoms with Gasteiger partial charge in [0.25, 0.3) is 0 Å². The molecule has 1 aromatic heterocycles. The van der Waals surface area contributed by atoms with Crippen molar-refractivity contribution < 1.29 is 0 Å². The molecule has 0 unspecified atom stereocenters. The number of halogens is 1. The highest BCUT2D eigenvalue weighted by molar-refractivity contribution is 6.33. The van der Waals surface area contributed by atoms with Crippen molar-refractivity contribution in [3.8, 4) is 61.3 Å². The molecule has 9 aromatic rings. The van der Waals surface area contributed by atoms with Gasteiger partial charge in [-0.2, -0.15) is 0 Å². The molecule has 0 saturated heterocycles. The number of aromatic nitrogens is 1. The second-order valence-corrected chi connectivity index (χ2v) is 14.5. The van der Waals surface area contributed by atoms with Crippen molar-refractivity contribution in [3.63, 3.8) is 0 Å². The average molecular weight is 700 g/mol. The van der Waals surface area contributed by atoms with E-state index in [-0.39, 0.29) is 0 Å². The van der Waals surface area contributed by atoms with Gasteiger partial charge in [0, 0.05) is 10.8 Å². The fourth-order valence-electron chi connectivity index (χ4n) is 8.31. The van der Waals surface area contributed by atoms with E-state index in [0.717, 1.165) is 27.3 Å². The third-order valence-corrected chi connectivity index (χ3v) is 10.9. The van der Waals surface area contributed by atoms with Crippen LogP contribution in [0.4, 0.5) is 0 Å². The van der Waals surface area contributed by atoms with E-state index in [0.29, 0.717) is 0 Å². The van der Waals surface area contributed by atoms with Gasteiger partial charge in [0.05, 0.1) is 21.7 Å². The zero-order valence-electron chi connectivity index (χ0n) is 30.1. The molecule has 0 radical (unpaired) electrons. The highest BCUT2D eigenvalue weighted by Crippen LogP contribution is 2.42. The monoisotopic (exact) mass is 699 g/mol. The Kier molecular flexibility index (Phi) is 8.30. The molecule has 0 aliphatic carbocycles. The van der Waals surface area contributed by atoms with E-state index in [2.05, 4.69) is 201 Å². The van der Waals surface area contributed by atoms with E-state index < -0.39 is 0 Å². The Labute approximate surface area is 316 Å². The summed E-state index contributed by atoms with van der Waals surface area (Å²) in [5.74, 6) is 0. The normalized spacial score (nSPS) is 11.4. The van der Waals surface area contributed by atoms with Crippen molar-refractivity contribution in [2.75, 3.05) is 0 Å². The lowest BCUT2D eigenvalue weighted by Gasteiger charge is -2.15. The molecule has 0 atom stereocenters. The lowest BCUT2D eigenvalue weighted by molar-refractivity contribution is 1.18. The molecule has 0 aliphatic rings. The van der Waals surface area contributed by atoms with Gasteiger partial charge in [-0.25, -0.2) is 0 Å². The Bertz CT molecular complexity index is 2640. The molecule has 1 nitrogen and oxygen atoms in total. The topological polar surface area (TPSA) is 4.93 Å². The van der Waals surface area contributed by atoms with Gasteiger partial charge in [-0.05, 0) is 124 Å². The molecule has 0 fully saturated rings. The fraction of sp³-hybridized carbons (Fsp3) is 0.0588. The number of aryl methyl sites for hydroxylation is 3. The molecule has 2 heteroatoms. The van der Waals surface area contributed by atoms with Crippen molar-refractivity contribution in [1.82, 2.24) is 4.57 Å². The molecule has 9 rings (SSSR count). The summed E-state index contributed by atoms with van der Waals surface area (Å²) in [6.07, 6.45) is 0. The van der Waals surface area contributed by atoms with Crippen LogP contribution in [-0.4, -0.2) is 4.57 Å². The maximum absolute atomic E-state index is 7.32. The maximum Gasteiger partial charge on any atom is 0.0652 e. The quantitative estimate of drug-likeness (QED) is 0.163. The fourth-order valence-corrected chi connectivity index (χ4v) is 8.57. The molecule has 0 N–H and O–H groups in total. The van der Waals surface area contributed by atoms with Crippen molar-refractivity contribution in [1.29, 1.82) is 0 Å². The van der Waals surface area contributed by atoms with Crippen molar-refractivity contribution in [2.24, 2.45) is 0 Å². The van der Waals surface area contributed by atoms with Gasteiger partial charge in [-0.3, -0.25) is 0 Å². The van der Waals surface area contributed by atoms with E-state index in [4.69, 9.17) is 11.6 Å². The van der Waals surface area contributed by atoms with Gasteiger partial charge in [0.1, 0.15) is 0 Å². The molecular weight excluding hydrogens is 662 g/mol. The van der Waals surface area contributed by atoms with Crippen molar-refractivity contribution in [3.05, 3.63) is 198 Å². The third kappa shape index (κ3) is 5.84. The highest BCUT2D eigenvalue weighted by atomic mass is 35.5. The summed E-state index contributed by atoms with van der Waals surface area (Å²) in [6.45, 7) is 6.52. The predicted molar refractivity (Wildman–Crippen MR) is 227 cm³/mol. The van der Waals surface area contributed by atoms with Gasteiger partial charge in [-0.1, -0.05) is 157 Å². The number of nitrogens with zero attached hydrogens (tertiary/aromatic N) is 1. The number of benzene rings is 8. The van der Waals surface area contributed by atoms with Crippen LogP contribution in [0.2, 0.25) is 5.02 Å². The summed E-state index contributed by atoms with van der Waals surface area (Å²) >= 11 is 7.32. The second-order valence-electron chi connectivity index (χ2n) is 14.1. The molecule has 53 heavy (non-hydrogen) atoms. The summed E-state index contributed by atoms with van der Waals surface area (Å²) in [7, 11) is 0. The van der Waals surface area contributed by atoms with Gasteiger partial charge < -0.3 is 4.57 Å². The first-order valence-electron chi connectivity index (χ1n) is 18.2. The van der Waals surface area contributed by atoms with E-state index in [1.165, 1.54) is 77.5 Å². The van der Waals surface area contributed by atoms with Crippen LogP contribution in [-0.2, 0) is 0 Å². The molecule has 0 spiro atoms. The van der Waals surface area contributed by atoms with Crippen LogP contribution in [0.25, 0.3) is 83.1 Å². The van der Waals surface area contributed by atoms with E-state index in [1.54, 1.807) is 0 Å². The molecule has 8 aromatic carbocycles. The maximum atomic E-state index is 7.32. The Hall–Kier alpha value is -6.15. The van der Waals surface area contributed by atoms with Crippen LogP contribution >= 0.6 is 11.6 Å². The molecule has 1 heterocycles. The minimum absolute atomic E-state index is 0.720. The number of hydrogen-bond acceptors (Lipinski definition) is 0. The summed E-state index contributed by atoms with van der Waals surface area (Å²) in [5.41, 5.74) is 19.0. The summed E-state index contributed by atoms with van der Waals surface area (Å²) in [5, 5.41) is 3.09. The molecule has 254 valence electrons. The van der Waals surface area contributed by atoms with E-state index in [9.17, 15) is 0 Å². The Morgan fingerprint density at radius 2 is 0.792 bits per heavy atom. The van der Waals surface area contributed by atoms with E-state index in [1.807, 2.05) is 0 Å². The van der Waals surface area contributed by atoms with Crippen molar-refractivity contribution >= 4 is 33.4 Å². The number of rotatable bonds is 6. The van der Waals surface area contributed by atoms with Gasteiger partial charge >= 0.3 is 0 Å². The summed E-state index contributed by atoms with van der Waals surface area (Å²) in [6, 6.07) is 63.5. The van der Waals surface area contributed by atoms with Gasteiger partial charge in [0.2, 0.25) is 0 Å². The lowest BCUT2D eigenvalue weighted by atomic mass is 9.92. The average Bonchev–Trinajstić information content (AvgIpc) is 3.51. The summed E-state index contributed by atoms with van der Waals surface area (Å²) in [4.78, 5) is 0.